The monoisotopic (exact) mass is 808 g/mol. The van der Waals surface area contributed by atoms with Gasteiger partial charge < -0.3 is 15.3 Å². The number of piperazine rings is 1. The molecule has 3 fully saturated rings. The van der Waals surface area contributed by atoms with Crippen LogP contribution in [-0.2, 0) is 23.1 Å². The number of amides is 3. The van der Waals surface area contributed by atoms with Crippen LogP contribution in [0.4, 0.5) is 18.9 Å². The molecule has 3 aliphatic rings. The Hall–Kier alpha value is -5.35. The average Bonchev–Trinajstić information content (AvgIpc) is 3.74. The van der Waals surface area contributed by atoms with E-state index in [1.807, 2.05) is 22.9 Å². The molecule has 3 amide bonds. The number of carbonyl (C=O) groups excluding carboxylic acids is 3. The zero-order valence-corrected chi connectivity index (χ0v) is 32.2. The minimum absolute atomic E-state index is 0. The highest BCUT2D eigenvalue weighted by Gasteiger charge is 2.32. The number of aryl methyl sites for hydroxylation is 1. The summed E-state index contributed by atoms with van der Waals surface area (Å²) in [6, 6.07) is 12.3. The summed E-state index contributed by atoms with van der Waals surface area (Å²) in [6.07, 6.45) is 6.65. The molecule has 57 heavy (non-hydrogen) atoms. The van der Waals surface area contributed by atoms with Crippen molar-refractivity contribution in [2.45, 2.75) is 57.0 Å². The number of carbonyl (C=O) groups is 3. The molecule has 17 heteroatoms. The van der Waals surface area contributed by atoms with E-state index in [-0.39, 0.29) is 48.9 Å². The number of phenolic OH excluding ortho intramolecular Hbond substituents is 1. The minimum atomic E-state index is -1.78. The Balaban J connectivity index is 0.00000496. The number of nitrogens with one attached hydrogen (secondary N) is 2. The fourth-order valence-corrected chi connectivity index (χ4v) is 8.41. The number of fused-ring (bicyclic) bond motifs is 2. The molecule has 2 aromatic heterocycles. The topological polar surface area (TPSA) is 147 Å². The molecule has 0 spiro atoms. The van der Waals surface area contributed by atoms with Crippen molar-refractivity contribution in [1.82, 2.24) is 34.4 Å². The number of halogens is 4. The Morgan fingerprint density at radius 2 is 1.68 bits per heavy atom. The number of benzene rings is 3. The van der Waals surface area contributed by atoms with Gasteiger partial charge in [0, 0.05) is 70.0 Å². The zero-order valence-electron chi connectivity index (χ0n) is 31.3. The molecule has 4 heterocycles. The first-order valence-electron chi connectivity index (χ1n) is 19.1. The summed E-state index contributed by atoms with van der Waals surface area (Å²) in [7, 11) is 1.71. The summed E-state index contributed by atoms with van der Waals surface area (Å²) in [4.78, 5) is 54.6. The number of nitrogens with zero attached hydrogens (tertiary/aromatic N) is 6. The Morgan fingerprint density at radius 1 is 0.930 bits per heavy atom. The maximum absolute atomic E-state index is 14.1. The van der Waals surface area contributed by atoms with Gasteiger partial charge in [-0.05, 0) is 86.4 Å². The van der Waals surface area contributed by atoms with Gasteiger partial charge in [-0.1, -0.05) is 6.07 Å². The first kappa shape index (κ1) is 39.9. The number of aromatic hydroxyl groups is 1. The maximum Gasteiger partial charge on any atom is 0.329 e. The molecule has 1 saturated carbocycles. The molecule has 13 nitrogen and oxygen atoms in total. The largest absolute Gasteiger partial charge is 0.503 e. The molecule has 0 radical (unpaired) electrons. The molecule has 302 valence electrons. The Morgan fingerprint density at radius 3 is 2.42 bits per heavy atom. The fraction of sp³-hybridized carbons (Fsp3) is 0.425. The van der Waals surface area contributed by atoms with Gasteiger partial charge in [0.1, 0.15) is 6.04 Å². The molecule has 1 atom stereocenters. The van der Waals surface area contributed by atoms with Crippen LogP contribution in [0, 0.1) is 23.4 Å². The van der Waals surface area contributed by atoms with Crippen LogP contribution in [0.15, 0.2) is 53.5 Å². The van der Waals surface area contributed by atoms with Crippen LogP contribution >= 0.6 is 12.4 Å². The molecular formula is C40H44ClF3N8O5. The van der Waals surface area contributed by atoms with Crippen molar-refractivity contribution >= 4 is 57.8 Å². The van der Waals surface area contributed by atoms with Crippen LogP contribution in [0.25, 0.3) is 21.9 Å². The van der Waals surface area contributed by atoms with Crippen molar-refractivity contribution < 1.29 is 32.7 Å². The van der Waals surface area contributed by atoms with Crippen molar-refractivity contribution in [2.75, 3.05) is 44.2 Å². The van der Waals surface area contributed by atoms with Gasteiger partial charge in [-0.15, -0.1) is 12.4 Å². The Kier molecular flexibility index (Phi) is 11.4. The Bertz CT molecular complexity index is 2420. The third kappa shape index (κ3) is 7.84. The second kappa shape index (κ2) is 16.3. The van der Waals surface area contributed by atoms with Crippen molar-refractivity contribution in [3.8, 4) is 5.75 Å². The molecule has 3 N–H and O–H groups in total. The normalized spacial score (nSPS) is 20.5. The summed E-state index contributed by atoms with van der Waals surface area (Å²) in [5.41, 5.74) is 3.55. The van der Waals surface area contributed by atoms with E-state index in [1.165, 1.54) is 4.57 Å². The molecule has 5 aromatic rings. The minimum Gasteiger partial charge on any atom is -0.503 e. The molecular weight excluding hydrogens is 765 g/mol. The van der Waals surface area contributed by atoms with Gasteiger partial charge in [0.15, 0.2) is 17.4 Å². The van der Waals surface area contributed by atoms with Crippen LogP contribution < -0.4 is 21.2 Å². The highest BCUT2D eigenvalue weighted by molar-refractivity contribution is 6.00. The molecule has 1 aliphatic carbocycles. The van der Waals surface area contributed by atoms with Crippen molar-refractivity contribution in [3.63, 3.8) is 0 Å². The van der Waals surface area contributed by atoms with Crippen LogP contribution in [0.3, 0.4) is 0 Å². The van der Waals surface area contributed by atoms with Gasteiger partial charge in [0.05, 0.1) is 28.2 Å². The predicted octanol–water partition coefficient (Wildman–Crippen LogP) is 4.74. The van der Waals surface area contributed by atoms with Crippen molar-refractivity contribution in [3.05, 3.63) is 87.7 Å². The quantitative estimate of drug-likeness (QED) is 0.143. The highest BCUT2D eigenvalue weighted by atomic mass is 35.5. The summed E-state index contributed by atoms with van der Waals surface area (Å²) in [5.74, 6) is -7.76. The lowest BCUT2D eigenvalue weighted by Crippen LogP contribution is -2.47. The molecule has 2 saturated heterocycles. The first-order chi connectivity index (χ1) is 26.9. The smallest absolute Gasteiger partial charge is 0.329 e. The summed E-state index contributed by atoms with van der Waals surface area (Å²) in [5, 5.41) is 20.2. The number of anilines is 1. The molecule has 8 rings (SSSR count). The van der Waals surface area contributed by atoms with Gasteiger partial charge in [0.25, 0.3) is 5.91 Å². The maximum atomic E-state index is 14.1. The average molecular weight is 809 g/mol. The predicted molar refractivity (Wildman–Crippen MR) is 209 cm³/mol. The van der Waals surface area contributed by atoms with E-state index in [9.17, 15) is 37.5 Å². The second-order valence-electron chi connectivity index (χ2n) is 15.2. The summed E-state index contributed by atoms with van der Waals surface area (Å²) in [6.45, 7) is 4.67. The third-order valence-electron chi connectivity index (χ3n) is 11.8. The van der Waals surface area contributed by atoms with Crippen LogP contribution in [0.1, 0.15) is 66.5 Å². The number of aromatic nitrogens is 4. The van der Waals surface area contributed by atoms with E-state index in [1.54, 1.807) is 11.6 Å². The van der Waals surface area contributed by atoms with E-state index >= 15 is 0 Å². The molecule has 1 unspecified atom stereocenters. The lowest BCUT2D eigenvalue weighted by molar-refractivity contribution is -0.135. The summed E-state index contributed by atoms with van der Waals surface area (Å²) >= 11 is 0. The number of hydrogen-bond donors (Lipinski definition) is 3. The third-order valence-corrected chi connectivity index (χ3v) is 11.8. The van der Waals surface area contributed by atoms with Gasteiger partial charge in [0.2, 0.25) is 17.6 Å². The number of hydrogen-bond acceptors (Lipinski definition) is 8. The molecule has 2 aliphatic heterocycles. The number of imide groups is 1. The van der Waals surface area contributed by atoms with E-state index < -0.39 is 46.6 Å². The number of rotatable bonds is 9. The number of piperidine rings is 1. The molecule has 0 bridgehead atoms. The standard InChI is InChI=1S/C40H43F3N8O5.ClH/c1-47-33-18-23(4-9-31(33)51(40(47)56)32-10-11-34(52)45-39(32)55)12-13-48-14-16-49(17-15-48)27-8-5-25-22-50(46-30(25)19-27)26-6-2-24(3-7-26)21-44-38(54)28-20-29(41)37(53)36(43)35(28)42;/h4-5,8-9,18-20,22,24,26,32,53H,2-3,6-7,10-17,21H2,1H3,(H,44,54)(H,45,52,55);1H. The number of imidazole rings is 1. The fourth-order valence-electron chi connectivity index (χ4n) is 8.41. The van der Waals surface area contributed by atoms with Crippen LogP contribution in [0.2, 0.25) is 0 Å². The van der Waals surface area contributed by atoms with Gasteiger partial charge >= 0.3 is 5.69 Å². The number of phenols is 1. The lowest BCUT2D eigenvalue weighted by Gasteiger charge is -2.36. The first-order valence-corrected chi connectivity index (χ1v) is 19.1. The lowest BCUT2D eigenvalue weighted by atomic mass is 9.86. The van der Waals surface area contributed by atoms with E-state index in [4.69, 9.17) is 5.10 Å². The van der Waals surface area contributed by atoms with Gasteiger partial charge in [-0.25, -0.2) is 13.6 Å². The Labute approximate surface area is 331 Å². The van der Waals surface area contributed by atoms with Crippen molar-refractivity contribution in [1.29, 1.82) is 0 Å². The van der Waals surface area contributed by atoms with E-state index in [2.05, 4.69) is 44.8 Å². The SMILES string of the molecule is Cl.Cn1c(=O)n(C2CCC(=O)NC2=O)c2ccc(CCN3CCN(c4ccc5cn(C6CCC(CNC(=O)c7cc(F)c(O)c(F)c7F)CC6)nc5c4)CC3)cc21. The van der Waals surface area contributed by atoms with Gasteiger partial charge in [-0.2, -0.15) is 9.49 Å². The van der Waals surface area contributed by atoms with Crippen molar-refractivity contribution in [2.24, 2.45) is 13.0 Å². The van der Waals surface area contributed by atoms with E-state index in [0.717, 1.165) is 92.5 Å². The second-order valence-corrected chi connectivity index (χ2v) is 15.2. The van der Waals surface area contributed by atoms with Crippen LogP contribution in [-0.4, -0.2) is 85.9 Å². The van der Waals surface area contributed by atoms with E-state index in [0.29, 0.717) is 18.0 Å². The summed E-state index contributed by atoms with van der Waals surface area (Å²) < 4.78 is 46.6. The highest BCUT2D eigenvalue weighted by Crippen LogP contribution is 2.34. The zero-order chi connectivity index (χ0) is 39.2. The van der Waals surface area contributed by atoms with Crippen LogP contribution in [0.5, 0.6) is 5.75 Å². The molecule has 3 aromatic carbocycles. The van der Waals surface area contributed by atoms with Gasteiger partial charge in [-0.3, -0.25) is 38.4 Å².